The summed E-state index contributed by atoms with van der Waals surface area (Å²) in [5, 5.41) is 9.36. The Morgan fingerprint density at radius 2 is 1.42 bits per heavy atom. The lowest BCUT2D eigenvalue weighted by molar-refractivity contribution is -0.0844. The third kappa shape index (κ3) is 7.39. The molecule has 52 heavy (non-hydrogen) atoms. The third-order valence-corrected chi connectivity index (χ3v) is 9.23. The molecule has 266 valence electrons. The van der Waals surface area contributed by atoms with Crippen LogP contribution in [0.25, 0.3) is 21.6 Å². The van der Waals surface area contributed by atoms with Crippen LogP contribution in [0.4, 0.5) is 11.8 Å². The molecular weight excluding hydrogens is 789 g/mol. The van der Waals surface area contributed by atoms with Crippen LogP contribution in [0, 0.1) is 0 Å². The summed E-state index contributed by atoms with van der Waals surface area (Å²) in [6, 6.07) is 19.2. The van der Waals surface area contributed by atoms with Gasteiger partial charge >= 0.3 is 5.97 Å². The van der Waals surface area contributed by atoms with Crippen LogP contribution in [-0.2, 0) is 9.47 Å². The van der Waals surface area contributed by atoms with E-state index in [0.717, 1.165) is 0 Å². The number of azide groups is 1. The lowest BCUT2D eigenvalue weighted by Gasteiger charge is -2.27. The van der Waals surface area contributed by atoms with Crippen LogP contribution in [-0.4, -0.2) is 74.9 Å². The number of rotatable bonds is 12. The second kappa shape index (κ2) is 15.5. The molecule has 17 nitrogen and oxygen atoms in total. The Bertz CT molecular complexity index is 2160. The van der Waals surface area contributed by atoms with E-state index in [1.807, 2.05) is 22.6 Å². The summed E-state index contributed by atoms with van der Waals surface area (Å²) in [5.74, 6) is -0.185. The number of nitrogens with one attached hydrogen (secondary N) is 2. The van der Waals surface area contributed by atoms with Crippen molar-refractivity contribution < 1.29 is 38.1 Å². The number of hydrogen-bond donors (Lipinski definition) is 2. The molecule has 3 aromatic carbocycles. The highest BCUT2D eigenvalue weighted by Crippen LogP contribution is 2.43. The maximum Gasteiger partial charge on any atom is 0.338 e. The van der Waals surface area contributed by atoms with Crippen LogP contribution in [0.1, 0.15) is 43.7 Å². The Hall–Kier alpha value is -5.98. The number of nitrogens with zero attached hydrogens (tertiary/aromatic N) is 7. The lowest BCUT2D eigenvalue weighted by atomic mass is 10.1. The zero-order chi connectivity index (χ0) is 36.8. The molecule has 2 N–H and O–H groups in total. The van der Waals surface area contributed by atoms with Crippen molar-refractivity contribution in [2.24, 2.45) is 5.11 Å². The molecule has 0 radical (unpaired) electrons. The Labute approximate surface area is 309 Å². The first kappa shape index (κ1) is 35.8. The van der Waals surface area contributed by atoms with Crippen molar-refractivity contribution in [1.82, 2.24) is 19.5 Å². The Morgan fingerprint density at radius 3 is 1.94 bits per heavy atom. The third-order valence-electron chi connectivity index (χ3n) is 8.13. The summed E-state index contributed by atoms with van der Waals surface area (Å²) in [6.07, 6.45) is -0.517. The van der Waals surface area contributed by atoms with Crippen LogP contribution in [0.3, 0.4) is 0 Å². The molecule has 0 saturated carbocycles. The van der Waals surface area contributed by atoms with Gasteiger partial charge in [0.05, 0.1) is 33.2 Å². The zero-order valence-corrected chi connectivity index (χ0v) is 30.0. The van der Waals surface area contributed by atoms with E-state index in [1.165, 1.54) is 32.2 Å². The number of alkyl halides is 1. The van der Waals surface area contributed by atoms with Gasteiger partial charge in [-0.2, -0.15) is 9.97 Å². The lowest BCUT2D eigenvalue weighted by Crippen LogP contribution is -2.41. The number of carbonyl (C=O) groups is 3. The van der Waals surface area contributed by atoms with Gasteiger partial charge in [-0.05, 0) is 78.3 Å². The van der Waals surface area contributed by atoms with Gasteiger partial charge < -0.3 is 29.0 Å². The highest BCUT2D eigenvalue weighted by Gasteiger charge is 2.51. The number of amides is 2. The molecule has 5 aromatic rings. The topological polar surface area (TPSA) is 214 Å². The summed E-state index contributed by atoms with van der Waals surface area (Å²) in [5.41, 5.74) is 9.08. The van der Waals surface area contributed by atoms with Gasteiger partial charge in [0.1, 0.15) is 29.6 Å². The van der Waals surface area contributed by atoms with Crippen molar-refractivity contribution in [1.29, 1.82) is 0 Å². The quantitative estimate of drug-likeness (QED) is 0.0375. The van der Waals surface area contributed by atoms with Crippen LogP contribution < -0.4 is 24.8 Å². The Kier molecular flexibility index (Phi) is 10.7. The first-order valence-electron chi connectivity index (χ1n) is 15.5. The first-order chi connectivity index (χ1) is 25.2. The fraction of sp³-hybridized carbons (Fsp3) is 0.235. The van der Waals surface area contributed by atoms with E-state index in [4.69, 9.17) is 23.7 Å². The molecule has 1 fully saturated rings. The van der Waals surface area contributed by atoms with Crippen molar-refractivity contribution in [2.45, 2.75) is 24.5 Å². The summed E-state index contributed by atoms with van der Waals surface area (Å²) in [7, 11) is 4.54. The van der Waals surface area contributed by atoms with Crippen molar-refractivity contribution in [3.05, 3.63) is 106 Å². The molecule has 3 atom stereocenters. The van der Waals surface area contributed by atoms with Crippen molar-refractivity contribution in [3.63, 3.8) is 0 Å². The summed E-state index contributed by atoms with van der Waals surface area (Å²) >= 11 is 2.00. The van der Waals surface area contributed by atoms with Gasteiger partial charge in [-0.25, -0.2) is 9.78 Å². The molecule has 0 aliphatic carbocycles. The molecule has 0 bridgehead atoms. The summed E-state index contributed by atoms with van der Waals surface area (Å²) in [4.78, 5) is 56.3. The van der Waals surface area contributed by atoms with Crippen LogP contribution in [0.2, 0.25) is 0 Å². The van der Waals surface area contributed by atoms with Gasteiger partial charge in [0.2, 0.25) is 5.95 Å². The number of benzene rings is 3. The maximum absolute atomic E-state index is 13.4. The summed E-state index contributed by atoms with van der Waals surface area (Å²) in [6.45, 7) is 0. The highest BCUT2D eigenvalue weighted by molar-refractivity contribution is 14.1. The van der Waals surface area contributed by atoms with Gasteiger partial charge in [0.15, 0.2) is 22.7 Å². The number of methoxy groups -OCH3 is 3. The number of ether oxygens (including phenoxy) is 5. The minimum atomic E-state index is -1.59. The molecule has 1 aliphatic rings. The zero-order valence-electron chi connectivity index (χ0n) is 27.8. The molecule has 1 aliphatic heterocycles. The fourth-order valence-electron chi connectivity index (χ4n) is 5.38. The van der Waals surface area contributed by atoms with E-state index in [2.05, 4.69) is 35.6 Å². The second-order valence-corrected chi connectivity index (χ2v) is 11.9. The average molecular weight is 820 g/mol. The molecule has 2 aromatic heterocycles. The molecule has 6 rings (SSSR count). The fourth-order valence-corrected chi connectivity index (χ4v) is 6.20. The highest BCUT2D eigenvalue weighted by atomic mass is 127. The van der Waals surface area contributed by atoms with E-state index in [9.17, 15) is 19.9 Å². The molecular formula is C34H30IN9O8. The monoisotopic (exact) mass is 819 g/mol. The minimum absolute atomic E-state index is 0.00900. The van der Waals surface area contributed by atoms with E-state index >= 15 is 0 Å². The van der Waals surface area contributed by atoms with E-state index < -0.39 is 35.8 Å². The van der Waals surface area contributed by atoms with Gasteiger partial charge in [0.25, 0.3) is 11.8 Å². The smallest absolute Gasteiger partial charge is 0.338 e. The summed E-state index contributed by atoms with van der Waals surface area (Å²) < 4.78 is 29.4. The van der Waals surface area contributed by atoms with Crippen LogP contribution in [0.15, 0.2) is 84.2 Å². The minimum Gasteiger partial charge on any atom is -0.497 e. The molecule has 0 unspecified atom stereocenters. The first-order valence-corrected chi connectivity index (χ1v) is 17.0. The van der Waals surface area contributed by atoms with E-state index in [-0.39, 0.29) is 39.3 Å². The Morgan fingerprint density at radius 1 is 0.885 bits per heavy atom. The second-order valence-electron chi connectivity index (χ2n) is 11.2. The molecule has 0 spiro atoms. The standard InChI is InChI=1S/C34H30IN9O8/c1-48-22-10-4-19(5-11-22)30(45)38-28-27-29(40-33(39-28)41-31(46)20-6-12-23(49-2)13-7-20)44(18-37-27)26-16-25(34(17-35,52-26)42-43-36)51-32(47)21-8-14-24(50-3)15-9-21/h4-15,18,25-26H,16-17H2,1-3H3,(H2,38,39,40,41,45,46)/t25-,26-,34+/m0/s1. The average Bonchev–Trinajstić information content (AvgIpc) is 3.76. The SMILES string of the molecule is COc1ccc(C(=O)Nc2nc(NC(=O)c3ccc(OC)cc3)c3ncn([C@@H]4C[C@H](OC(=O)c5ccc(OC)cc5)[C@](CI)(N=[N+]=[N-])O4)c3n2)cc1. The van der Waals surface area contributed by atoms with Gasteiger partial charge in [-0.3, -0.25) is 19.5 Å². The number of anilines is 2. The Balaban J connectivity index is 1.36. The van der Waals surface area contributed by atoms with Crippen molar-refractivity contribution in [3.8, 4) is 17.2 Å². The number of fused-ring (bicyclic) bond motifs is 1. The number of aromatic nitrogens is 4. The maximum atomic E-state index is 13.4. The number of imidazole rings is 1. The molecule has 3 heterocycles. The van der Waals surface area contributed by atoms with Gasteiger partial charge in [-0.1, -0.05) is 27.7 Å². The van der Waals surface area contributed by atoms with Gasteiger partial charge in [0, 0.05) is 26.9 Å². The predicted molar refractivity (Wildman–Crippen MR) is 195 cm³/mol. The van der Waals surface area contributed by atoms with Crippen LogP contribution >= 0.6 is 22.6 Å². The van der Waals surface area contributed by atoms with E-state index in [0.29, 0.717) is 28.4 Å². The van der Waals surface area contributed by atoms with Crippen molar-refractivity contribution >= 4 is 63.3 Å². The van der Waals surface area contributed by atoms with Crippen LogP contribution in [0.5, 0.6) is 17.2 Å². The normalized spacial score (nSPS) is 17.8. The molecule has 18 heteroatoms. The largest absolute Gasteiger partial charge is 0.497 e. The van der Waals surface area contributed by atoms with Gasteiger partial charge in [-0.15, -0.1) is 0 Å². The number of carbonyl (C=O) groups excluding carboxylic acids is 3. The number of esters is 1. The number of halogens is 1. The van der Waals surface area contributed by atoms with E-state index in [1.54, 1.807) is 72.8 Å². The van der Waals surface area contributed by atoms with Crippen molar-refractivity contribution in [2.75, 3.05) is 36.4 Å². The molecule has 2 amide bonds. The number of hydrogen-bond acceptors (Lipinski definition) is 12. The molecule has 1 saturated heterocycles. The predicted octanol–water partition coefficient (Wildman–Crippen LogP) is 5.94.